The molecule has 0 saturated carbocycles. The zero-order chi connectivity index (χ0) is 29.9. The second kappa shape index (κ2) is 10.6. The number of aromatic nitrogens is 2. The van der Waals surface area contributed by atoms with Crippen LogP contribution in [0.3, 0.4) is 0 Å². The predicted octanol–water partition coefficient (Wildman–Crippen LogP) is 7.81. The van der Waals surface area contributed by atoms with Gasteiger partial charge >= 0.3 is 6.03 Å². The number of hydrogen-bond acceptors (Lipinski definition) is 6. The van der Waals surface area contributed by atoms with Crippen LogP contribution in [0.1, 0.15) is 39.2 Å². The maximum Gasteiger partial charge on any atom is 0.325 e. The molecular weight excluding hydrogens is 598 g/mol. The van der Waals surface area contributed by atoms with E-state index < -0.39 is 17.3 Å². The van der Waals surface area contributed by atoms with Gasteiger partial charge in [0.2, 0.25) is 0 Å². The molecule has 1 fully saturated rings. The number of nitrogens with zero attached hydrogens (tertiary/aromatic N) is 3. The molecule has 1 atom stereocenters. The van der Waals surface area contributed by atoms with E-state index >= 15 is 4.39 Å². The number of quaternary nitrogens is 1. The molecule has 6 rings (SSSR count). The highest BCUT2D eigenvalue weighted by atomic mass is 35.5. The van der Waals surface area contributed by atoms with Crippen molar-refractivity contribution in [3.63, 3.8) is 0 Å². The van der Waals surface area contributed by atoms with Crippen molar-refractivity contribution < 1.29 is 14.3 Å². The fraction of sp³-hybridized carbons (Fsp3) is 0.367. The molecule has 2 amide bonds. The maximum absolute atomic E-state index is 15.1. The Morgan fingerprint density at radius 1 is 1.14 bits per heavy atom. The molecular formula is C30H32Cl2FN6O2S+. The fourth-order valence-corrected chi connectivity index (χ4v) is 8.17. The Bertz CT molecular complexity index is 1700. The quantitative estimate of drug-likeness (QED) is 0.136. The minimum atomic E-state index is -0.626. The molecule has 220 valence electrons. The molecule has 1 saturated heterocycles. The molecule has 4 heterocycles. The van der Waals surface area contributed by atoms with Crippen molar-refractivity contribution in [3.8, 4) is 5.75 Å². The van der Waals surface area contributed by atoms with E-state index in [1.165, 1.54) is 11.3 Å². The van der Waals surface area contributed by atoms with Gasteiger partial charge in [-0.25, -0.2) is 19.2 Å². The van der Waals surface area contributed by atoms with Crippen LogP contribution in [-0.4, -0.2) is 47.3 Å². The van der Waals surface area contributed by atoms with Gasteiger partial charge in [-0.15, -0.1) is 0 Å². The van der Waals surface area contributed by atoms with E-state index in [1.54, 1.807) is 12.1 Å². The Labute approximate surface area is 257 Å². The van der Waals surface area contributed by atoms with Crippen LogP contribution in [0.25, 0.3) is 10.3 Å². The van der Waals surface area contributed by atoms with Crippen molar-refractivity contribution >= 4 is 73.1 Å². The molecule has 12 heteroatoms. The number of phenolic OH excluding ortho intramolecular Hbond substituents is 1. The standard InChI is InChI=1S/C30H31Cl2FN6O2S/c1-29(2,3)15-39(16-30(10-12-34-13-11-30)23-24(32)17(33)14-21(40)25(23)39)20-7-5-4-6-18(20)35-27(41)38-28-36-19-8-9-22(31)37-26(19)42-28/h4-9,14,34H,10-13,15-16H2,1-3H3,(H2-,35,36,38,40,41)/p+1. The Morgan fingerprint density at radius 2 is 1.88 bits per heavy atom. The Balaban J connectivity index is 1.46. The van der Waals surface area contributed by atoms with Gasteiger partial charge in [0.1, 0.15) is 27.0 Å². The number of carbonyl (C=O) groups excluding carboxylic acids is 1. The van der Waals surface area contributed by atoms with Crippen LogP contribution in [0.5, 0.6) is 5.75 Å². The zero-order valence-electron chi connectivity index (χ0n) is 23.5. The average molecular weight is 631 g/mol. The third-order valence-electron chi connectivity index (χ3n) is 8.06. The Morgan fingerprint density at radius 3 is 2.62 bits per heavy atom. The van der Waals surface area contributed by atoms with Gasteiger partial charge < -0.3 is 15.7 Å². The number of para-hydroxylation sites is 2. The van der Waals surface area contributed by atoms with Crippen molar-refractivity contribution in [2.45, 2.75) is 39.0 Å². The van der Waals surface area contributed by atoms with E-state index in [4.69, 9.17) is 23.2 Å². The van der Waals surface area contributed by atoms with Crippen LogP contribution in [0.15, 0.2) is 42.5 Å². The Kier molecular flexibility index (Phi) is 7.34. The molecule has 2 aromatic carbocycles. The lowest BCUT2D eigenvalue weighted by Crippen LogP contribution is -2.53. The van der Waals surface area contributed by atoms with E-state index in [0.717, 1.165) is 37.7 Å². The predicted molar refractivity (Wildman–Crippen MR) is 169 cm³/mol. The molecule has 4 N–H and O–H groups in total. The van der Waals surface area contributed by atoms with Crippen molar-refractivity contribution in [1.29, 1.82) is 0 Å². The summed E-state index contributed by atoms with van der Waals surface area (Å²) in [4.78, 5) is 22.7. The second-order valence-corrected chi connectivity index (χ2v) is 14.1. The SMILES string of the molecule is CC(C)(C)C[N+]1(c2ccccc2NC(=O)Nc2nc3ccc(Cl)nc3s2)CC2(CCNCC2)c2c(Cl)c(F)cc(O)c21. The van der Waals surface area contributed by atoms with Gasteiger partial charge in [-0.2, -0.15) is 0 Å². The van der Waals surface area contributed by atoms with Crippen molar-refractivity contribution in [2.24, 2.45) is 5.41 Å². The van der Waals surface area contributed by atoms with Gasteiger partial charge in [-0.05, 0) is 44.1 Å². The minimum Gasteiger partial charge on any atom is -0.503 e. The molecule has 0 radical (unpaired) electrons. The number of piperidine rings is 1. The number of phenols is 1. The first-order valence-corrected chi connectivity index (χ1v) is 15.4. The van der Waals surface area contributed by atoms with E-state index in [9.17, 15) is 9.90 Å². The third kappa shape index (κ3) is 5.09. The van der Waals surface area contributed by atoms with E-state index in [1.807, 2.05) is 24.3 Å². The number of urea groups is 1. The lowest BCUT2D eigenvalue weighted by Gasteiger charge is -2.42. The molecule has 42 heavy (non-hydrogen) atoms. The summed E-state index contributed by atoms with van der Waals surface area (Å²) >= 11 is 14.0. The maximum atomic E-state index is 15.1. The number of anilines is 2. The molecule has 4 aromatic rings. The second-order valence-electron chi connectivity index (χ2n) is 12.4. The van der Waals surface area contributed by atoms with Crippen molar-refractivity contribution in [1.82, 2.24) is 19.8 Å². The number of thiazole rings is 1. The zero-order valence-corrected chi connectivity index (χ0v) is 25.9. The topological polar surface area (TPSA) is 99.2 Å². The number of fused-ring (bicyclic) bond motifs is 3. The van der Waals surface area contributed by atoms with Gasteiger partial charge in [0, 0.05) is 17.5 Å². The molecule has 1 unspecified atom stereocenters. The third-order valence-corrected chi connectivity index (χ3v) is 9.52. The number of aromatic hydroxyl groups is 1. The summed E-state index contributed by atoms with van der Waals surface area (Å²) in [5, 5.41) is 21.5. The monoisotopic (exact) mass is 629 g/mol. The van der Waals surface area contributed by atoms with Crippen LogP contribution >= 0.6 is 34.5 Å². The highest BCUT2D eigenvalue weighted by molar-refractivity contribution is 7.22. The number of amides is 2. The highest BCUT2D eigenvalue weighted by Gasteiger charge is 2.59. The molecule has 2 aromatic heterocycles. The number of hydrogen-bond donors (Lipinski definition) is 4. The smallest absolute Gasteiger partial charge is 0.325 e. The number of benzene rings is 2. The van der Waals surface area contributed by atoms with Crippen LogP contribution in [-0.2, 0) is 5.41 Å². The first-order valence-electron chi connectivity index (χ1n) is 13.8. The summed E-state index contributed by atoms with van der Waals surface area (Å²) in [7, 11) is 0. The number of rotatable bonds is 4. The van der Waals surface area contributed by atoms with Gasteiger partial charge in [-0.1, -0.05) is 67.4 Å². The summed E-state index contributed by atoms with van der Waals surface area (Å²) < 4.78 is 15.3. The van der Waals surface area contributed by atoms with Gasteiger partial charge in [0.25, 0.3) is 0 Å². The Hall–Kier alpha value is -3.02. The normalized spacial score (nSPS) is 19.7. The van der Waals surface area contributed by atoms with Crippen LogP contribution < -0.4 is 20.4 Å². The average Bonchev–Trinajstić information content (AvgIpc) is 3.43. The summed E-state index contributed by atoms with van der Waals surface area (Å²) in [6.07, 6.45) is 1.50. The highest BCUT2D eigenvalue weighted by Crippen LogP contribution is 2.61. The minimum absolute atomic E-state index is 0.0614. The first kappa shape index (κ1) is 29.1. The first-order chi connectivity index (χ1) is 19.9. The summed E-state index contributed by atoms with van der Waals surface area (Å²) in [6, 6.07) is 11.6. The molecule has 0 bridgehead atoms. The lowest BCUT2D eigenvalue weighted by atomic mass is 9.74. The molecule has 0 aliphatic carbocycles. The molecule has 1 spiro atoms. The molecule has 2 aliphatic rings. The molecule has 8 nitrogen and oxygen atoms in total. The largest absolute Gasteiger partial charge is 0.503 e. The van der Waals surface area contributed by atoms with E-state index in [2.05, 4.69) is 46.7 Å². The van der Waals surface area contributed by atoms with E-state index in [-0.39, 0.29) is 20.7 Å². The van der Waals surface area contributed by atoms with Gasteiger partial charge in [0.15, 0.2) is 22.3 Å². The lowest BCUT2D eigenvalue weighted by molar-refractivity contribution is 0.212. The van der Waals surface area contributed by atoms with Gasteiger partial charge in [-0.3, -0.25) is 9.80 Å². The number of nitrogens with one attached hydrogen (secondary N) is 3. The fourth-order valence-electron chi connectivity index (χ4n) is 6.80. The van der Waals surface area contributed by atoms with Crippen LogP contribution in [0.2, 0.25) is 10.2 Å². The van der Waals surface area contributed by atoms with E-state index in [0.29, 0.717) is 50.7 Å². The van der Waals surface area contributed by atoms with Crippen LogP contribution in [0, 0.1) is 11.2 Å². The van der Waals surface area contributed by atoms with Crippen molar-refractivity contribution in [3.05, 3.63) is 64.0 Å². The van der Waals surface area contributed by atoms with Gasteiger partial charge in [0.05, 0.1) is 29.1 Å². The number of halogens is 3. The summed E-state index contributed by atoms with van der Waals surface area (Å²) in [6.45, 7) is 9.08. The number of carbonyl (C=O) groups is 1. The van der Waals surface area contributed by atoms with Crippen molar-refractivity contribution in [2.75, 3.05) is 36.8 Å². The summed E-state index contributed by atoms with van der Waals surface area (Å²) in [5.41, 5.74) is 2.60. The molecule has 2 aliphatic heterocycles. The number of pyridine rings is 1. The van der Waals surface area contributed by atoms with Crippen LogP contribution in [0.4, 0.5) is 31.4 Å². The summed E-state index contributed by atoms with van der Waals surface area (Å²) in [5.74, 6) is -0.759.